The second-order valence-electron chi connectivity index (χ2n) is 5.58. The van der Waals surface area contributed by atoms with Crippen LogP contribution in [0.5, 0.6) is 0 Å². The summed E-state index contributed by atoms with van der Waals surface area (Å²) in [4.78, 5) is 15.3. The van der Waals surface area contributed by atoms with Crippen LogP contribution >= 0.6 is 11.3 Å². The van der Waals surface area contributed by atoms with Gasteiger partial charge in [-0.25, -0.2) is 0 Å². The fourth-order valence-electron chi connectivity index (χ4n) is 2.60. The number of likely N-dealkylation sites (tertiary alicyclic amines) is 1. The molecule has 2 N–H and O–H groups in total. The van der Waals surface area contributed by atoms with Gasteiger partial charge in [-0.3, -0.25) is 4.79 Å². The SMILES string of the molecule is CC(C)C1CCN(C(=O)c2csc(C#CCN)c2)CC1. The quantitative estimate of drug-likeness (QED) is 0.851. The van der Waals surface area contributed by atoms with Crippen LogP contribution in [0.1, 0.15) is 41.9 Å². The minimum absolute atomic E-state index is 0.143. The van der Waals surface area contributed by atoms with E-state index in [-0.39, 0.29) is 5.91 Å². The van der Waals surface area contributed by atoms with Crippen molar-refractivity contribution < 1.29 is 4.79 Å². The van der Waals surface area contributed by atoms with Crippen LogP contribution in [-0.2, 0) is 0 Å². The second-order valence-corrected chi connectivity index (χ2v) is 6.49. The van der Waals surface area contributed by atoms with Crippen molar-refractivity contribution in [1.29, 1.82) is 0 Å². The molecule has 0 radical (unpaired) electrons. The molecule has 1 aliphatic heterocycles. The maximum Gasteiger partial charge on any atom is 0.254 e. The molecule has 0 aliphatic carbocycles. The molecular formula is C16H22N2OS. The van der Waals surface area contributed by atoms with Crippen LogP contribution < -0.4 is 5.73 Å². The molecule has 4 heteroatoms. The van der Waals surface area contributed by atoms with Crippen LogP contribution in [-0.4, -0.2) is 30.4 Å². The molecule has 0 unspecified atom stereocenters. The van der Waals surface area contributed by atoms with Crippen molar-refractivity contribution in [2.24, 2.45) is 17.6 Å². The summed E-state index contributed by atoms with van der Waals surface area (Å²) in [6.07, 6.45) is 2.24. The zero-order valence-electron chi connectivity index (χ0n) is 12.2. The van der Waals surface area contributed by atoms with Gasteiger partial charge in [-0.15, -0.1) is 11.3 Å². The summed E-state index contributed by atoms with van der Waals surface area (Å²) in [6, 6.07) is 1.88. The average Bonchev–Trinajstić information content (AvgIpc) is 2.93. The van der Waals surface area contributed by atoms with Gasteiger partial charge in [0.1, 0.15) is 0 Å². The Labute approximate surface area is 125 Å². The van der Waals surface area contributed by atoms with Crippen molar-refractivity contribution in [1.82, 2.24) is 4.90 Å². The van der Waals surface area contributed by atoms with Crippen LogP contribution in [0.4, 0.5) is 0 Å². The molecule has 0 aromatic carbocycles. The van der Waals surface area contributed by atoms with Crippen LogP contribution in [0.2, 0.25) is 0 Å². The summed E-state index contributed by atoms with van der Waals surface area (Å²) in [5.74, 6) is 7.41. The fourth-order valence-corrected chi connectivity index (χ4v) is 3.35. The Hall–Kier alpha value is -1.31. The maximum atomic E-state index is 12.4. The molecule has 1 aromatic rings. The van der Waals surface area contributed by atoms with Crippen LogP contribution in [0.15, 0.2) is 11.4 Å². The molecule has 108 valence electrons. The van der Waals surface area contributed by atoms with E-state index in [0.29, 0.717) is 12.5 Å². The fraction of sp³-hybridized carbons (Fsp3) is 0.562. The zero-order valence-corrected chi connectivity index (χ0v) is 13.0. The lowest BCUT2D eigenvalue weighted by Gasteiger charge is -2.33. The van der Waals surface area contributed by atoms with Gasteiger partial charge in [0.15, 0.2) is 0 Å². The zero-order chi connectivity index (χ0) is 14.5. The van der Waals surface area contributed by atoms with Gasteiger partial charge in [0.2, 0.25) is 0 Å². The summed E-state index contributed by atoms with van der Waals surface area (Å²) >= 11 is 1.51. The number of thiophene rings is 1. The number of carbonyl (C=O) groups is 1. The number of rotatable bonds is 2. The molecule has 0 bridgehead atoms. The Balaban J connectivity index is 1.97. The molecule has 2 heterocycles. The van der Waals surface area contributed by atoms with Gasteiger partial charge in [-0.2, -0.15) is 0 Å². The standard InChI is InChI=1S/C16H22N2OS/c1-12(2)13-5-8-18(9-6-13)16(19)14-10-15(20-11-14)4-3-7-17/h10-13H,5-9,17H2,1-2H3. The van der Waals surface area contributed by atoms with Gasteiger partial charge in [-0.1, -0.05) is 25.7 Å². The highest BCUT2D eigenvalue weighted by molar-refractivity contribution is 7.10. The van der Waals surface area contributed by atoms with Crippen molar-refractivity contribution in [3.63, 3.8) is 0 Å². The lowest BCUT2D eigenvalue weighted by Crippen LogP contribution is -2.39. The Bertz CT molecular complexity index is 516. The monoisotopic (exact) mass is 290 g/mol. The molecule has 0 atom stereocenters. The predicted molar refractivity (Wildman–Crippen MR) is 83.7 cm³/mol. The Morgan fingerprint density at radius 3 is 2.80 bits per heavy atom. The molecule has 1 aliphatic rings. The van der Waals surface area contributed by atoms with Gasteiger partial charge >= 0.3 is 0 Å². The lowest BCUT2D eigenvalue weighted by molar-refractivity contribution is 0.0668. The van der Waals surface area contributed by atoms with E-state index in [1.165, 1.54) is 11.3 Å². The molecular weight excluding hydrogens is 268 g/mol. The summed E-state index contributed by atoms with van der Waals surface area (Å²) < 4.78 is 0. The number of nitrogens with two attached hydrogens (primary N) is 1. The first-order valence-electron chi connectivity index (χ1n) is 7.18. The summed E-state index contributed by atoms with van der Waals surface area (Å²) in [5, 5.41) is 1.90. The second kappa shape index (κ2) is 6.92. The van der Waals surface area contributed by atoms with E-state index in [2.05, 4.69) is 25.7 Å². The molecule has 1 saturated heterocycles. The van der Waals surface area contributed by atoms with Crippen molar-refractivity contribution in [3.8, 4) is 11.8 Å². The van der Waals surface area contributed by atoms with Gasteiger partial charge < -0.3 is 10.6 Å². The molecule has 20 heavy (non-hydrogen) atoms. The number of carbonyl (C=O) groups excluding carboxylic acids is 1. The molecule has 1 aromatic heterocycles. The lowest BCUT2D eigenvalue weighted by atomic mass is 9.86. The van der Waals surface area contributed by atoms with E-state index in [1.54, 1.807) is 0 Å². The molecule has 1 amide bonds. The van der Waals surface area contributed by atoms with E-state index >= 15 is 0 Å². The number of nitrogens with zero attached hydrogens (tertiary/aromatic N) is 1. The highest BCUT2D eigenvalue weighted by Gasteiger charge is 2.25. The minimum atomic E-state index is 0.143. The average molecular weight is 290 g/mol. The maximum absolute atomic E-state index is 12.4. The third-order valence-electron chi connectivity index (χ3n) is 3.93. The van der Waals surface area contributed by atoms with Gasteiger partial charge in [0.25, 0.3) is 5.91 Å². The number of piperidine rings is 1. The Kier molecular flexibility index (Phi) is 5.22. The van der Waals surface area contributed by atoms with Gasteiger partial charge in [-0.05, 0) is 30.7 Å². The van der Waals surface area contributed by atoms with E-state index in [4.69, 9.17) is 5.73 Å². The molecule has 2 rings (SSSR count). The first-order valence-corrected chi connectivity index (χ1v) is 8.06. The smallest absolute Gasteiger partial charge is 0.254 e. The van der Waals surface area contributed by atoms with E-state index in [0.717, 1.165) is 42.3 Å². The minimum Gasteiger partial charge on any atom is -0.339 e. The van der Waals surface area contributed by atoms with Crippen molar-refractivity contribution >= 4 is 17.2 Å². The Morgan fingerprint density at radius 1 is 1.50 bits per heavy atom. The van der Waals surface area contributed by atoms with Gasteiger partial charge in [0.05, 0.1) is 17.0 Å². The first kappa shape index (κ1) is 15.1. The van der Waals surface area contributed by atoms with Crippen molar-refractivity contribution in [2.45, 2.75) is 26.7 Å². The molecule has 0 saturated carbocycles. The normalized spacial score (nSPS) is 16.1. The predicted octanol–water partition coefficient (Wildman–Crippen LogP) is 2.57. The summed E-state index contributed by atoms with van der Waals surface area (Å²) in [5.41, 5.74) is 6.12. The first-order chi connectivity index (χ1) is 9.61. The largest absolute Gasteiger partial charge is 0.339 e. The molecule has 1 fully saturated rings. The van der Waals surface area contributed by atoms with E-state index in [9.17, 15) is 4.79 Å². The highest BCUT2D eigenvalue weighted by Crippen LogP contribution is 2.26. The van der Waals surface area contributed by atoms with Crippen LogP contribution in [0.3, 0.4) is 0 Å². The van der Waals surface area contributed by atoms with Crippen molar-refractivity contribution in [2.75, 3.05) is 19.6 Å². The third-order valence-corrected chi connectivity index (χ3v) is 4.78. The van der Waals surface area contributed by atoms with Crippen LogP contribution in [0.25, 0.3) is 0 Å². The van der Waals surface area contributed by atoms with Crippen molar-refractivity contribution in [3.05, 3.63) is 21.9 Å². The summed E-state index contributed by atoms with van der Waals surface area (Å²) in [6.45, 7) is 6.64. The van der Waals surface area contributed by atoms with E-state index < -0.39 is 0 Å². The van der Waals surface area contributed by atoms with Crippen LogP contribution in [0, 0.1) is 23.7 Å². The van der Waals surface area contributed by atoms with Gasteiger partial charge in [0, 0.05) is 18.5 Å². The number of hydrogen-bond acceptors (Lipinski definition) is 3. The molecule has 3 nitrogen and oxygen atoms in total. The number of hydrogen-bond donors (Lipinski definition) is 1. The topological polar surface area (TPSA) is 46.3 Å². The summed E-state index contributed by atoms with van der Waals surface area (Å²) in [7, 11) is 0. The third kappa shape index (κ3) is 3.62. The van der Waals surface area contributed by atoms with E-state index in [1.807, 2.05) is 16.3 Å². The highest BCUT2D eigenvalue weighted by atomic mass is 32.1. The number of amides is 1. The Morgan fingerprint density at radius 2 is 2.20 bits per heavy atom. The molecule has 0 spiro atoms.